The van der Waals surface area contributed by atoms with Gasteiger partial charge in [-0.3, -0.25) is 0 Å². The van der Waals surface area contributed by atoms with Gasteiger partial charge in [0.05, 0.1) is 0 Å². The molecule has 0 radical (unpaired) electrons. The molecular formula is C11H16F2N4. The molecule has 1 aromatic rings. The molecule has 1 aromatic heterocycles. The number of alkyl halides is 1. The first-order valence-electron chi connectivity index (χ1n) is 5.64. The van der Waals surface area contributed by atoms with E-state index in [9.17, 15) is 8.78 Å². The standard InChI is InChI=1S/C11H16F2N4/c1-8-14-9(7-12)10(13)11(15-8)17-5-3-16(2)4-6-17/h3-7H2,1-2H3. The second kappa shape index (κ2) is 4.91. The van der Waals surface area contributed by atoms with Crippen LogP contribution in [0.1, 0.15) is 11.5 Å². The number of halogens is 2. The first-order valence-corrected chi connectivity index (χ1v) is 5.64. The van der Waals surface area contributed by atoms with Gasteiger partial charge in [0.15, 0.2) is 11.6 Å². The fourth-order valence-electron chi connectivity index (χ4n) is 1.92. The number of likely N-dealkylation sites (N-methyl/N-ethyl adjacent to an activating group) is 1. The Kier molecular flexibility index (Phi) is 3.51. The molecule has 1 saturated heterocycles. The van der Waals surface area contributed by atoms with Crippen LogP contribution in [-0.4, -0.2) is 48.1 Å². The highest BCUT2D eigenvalue weighted by molar-refractivity contribution is 5.42. The zero-order valence-corrected chi connectivity index (χ0v) is 10.1. The molecule has 0 saturated carbocycles. The highest BCUT2D eigenvalue weighted by Crippen LogP contribution is 2.20. The van der Waals surface area contributed by atoms with Gasteiger partial charge >= 0.3 is 0 Å². The molecule has 0 unspecified atom stereocenters. The highest BCUT2D eigenvalue weighted by Gasteiger charge is 2.21. The number of aryl methyl sites for hydroxylation is 1. The molecule has 17 heavy (non-hydrogen) atoms. The fraction of sp³-hybridized carbons (Fsp3) is 0.636. The van der Waals surface area contributed by atoms with Gasteiger partial charge in [0, 0.05) is 26.2 Å². The molecule has 0 bridgehead atoms. The van der Waals surface area contributed by atoms with E-state index in [0.717, 1.165) is 13.1 Å². The number of hydrogen-bond donors (Lipinski definition) is 0. The van der Waals surface area contributed by atoms with Crippen LogP contribution >= 0.6 is 0 Å². The van der Waals surface area contributed by atoms with E-state index < -0.39 is 12.5 Å². The van der Waals surface area contributed by atoms with E-state index in [2.05, 4.69) is 14.9 Å². The summed E-state index contributed by atoms with van der Waals surface area (Å²) in [6, 6.07) is 0. The minimum atomic E-state index is -0.893. The Morgan fingerprint density at radius 2 is 1.82 bits per heavy atom. The van der Waals surface area contributed by atoms with Gasteiger partial charge < -0.3 is 9.80 Å². The minimum Gasteiger partial charge on any atom is -0.352 e. The van der Waals surface area contributed by atoms with E-state index in [-0.39, 0.29) is 11.5 Å². The van der Waals surface area contributed by atoms with Crippen LogP contribution in [0, 0.1) is 12.7 Å². The molecule has 0 atom stereocenters. The Morgan fingerprint density at radius 1 is 1.18 bits per heavy atom. The van der Waals surface area contributed by atoms with Crippen molar-refractivity contribution in [1.82, 2.24) is 14.9 Å². The number of anilines is 1. The molecule has 6 heteroatoms. The van der Waals surface area contributed by atoms with E-state index >= 15 is 0 Å². The van der Waals surface area contributed by atoms with Crippen molar-refractivity contribution >= 4 is 5.82 Å². The minimum absolute atomic E-state index is 0.147. The van der Waals surface area contributed by atoms with Gasteiger partial charge in [0.25, 0.3) is 0 Å². The zero-order chi connectivity index (χ0) is 12.4. The summed E-state index contributed by atoms with van der Waals surface area (Å²) in [5, 5.41) is 0. The summed E-state index contributed by atoms with van der Waals surface area (Å²) < 4.78 is 26.5. The lowest BCUT2D eigenvalue weighted by Gasteiger charge is -2.33. The number of nitrogens with zero attached hydrogens (tertiary/aromatic N) is 4. The van der Waals surface area contributed by atoms with Crippen molar-refractivity contribution < 1.29 is 8.78 Å². The van der Waals surface area contributed by atoms with Crippen LogP contribution in [-0.2, 0) is 6.67 Å². The monoisotopic (exact) mass is 242 g/mol. The Morgan fingerprint density at radius 3 is 2.41 bits per heavy atom. The normalized spacial score (nSPS) is 17.5. The topological polar surface area (TPSA) is 32.3 Å². The Balaban J connectivity index is 2.28. The van der Waals surface area contributed by atoms with Crippen molar-refractivity contribution in [2.45, 2.75) is 13.6 Å². The molecule has 0 amide bonds. The fourth-order valence-corrected chi connectivity index (χ4v) is 1.92. The molecule has 2 rings (SSSR count). The molecule has 0 aromatic carbocycles. The van der Waals surface area contributed by atoms with Crippen LogP contribution in [0.2, 0.25) is 0 Å². The predicted molar refractivity (Wildman–Crippen MR) is 61.2 cm³/mol. The van der Waals surface area contributed by atoms with Crippen molar-refractivity contribution in [2.24, 2.45) is 0 Å². The largest absolute Gasteiger partial charge is 0.352 e. The summed E-state index contributed by atoms with van der Waals surface area (Å²) >= 11 is 0. The average Bonchev–Trinajstić information content (AvgIpc) is 2.33. The predicted octanol–water partition coefficient (Wildman–Crippen LogP) is 1.15. The molecule has 94 valence electrons. The van der Waals surface area contributed by atoms with E-state index in [1.807, 2.05) is 11.9 Å². The molecular weight excluding hydrogens is 226 g/mol. The Bertz CT molecular complexity index is 403. The summed E-state index contributed by atoms with van der Waals surface area (Å²) in [5.74, 6) is 0.0221. The summed E-state index contributed by atoms with van der Waals surface area (Å²) in [6.45, 7) is 3.88. The first kappa shape index (κ1) is 12.2. The van der Waals surface area contributed by atoms with E-state index in [4.69, 9.17) is 0 Å². The van der Waals surface area contributed by atoms with Gasteiger partial charge in [-0.2, -0.15) is 0 Å². The number of rotatable bonds is 2. The second-order valence-electron chi connectivity index (χ2n) is 4.28. The van der Waals surface area contributed by atoms with Crippen molar-refractivity contribution in [2.75, 3.05) is 38.1 Å². The van der Waals surface area contributed by atoms with Crippen LogP contribution in [0.3, 0.4) is 0 Å². The van der Waals surface area contributed by atoms with Gasteiger partial charge in [0.1, 0.15) is 18.2 Å². The molecule has 1 aliphatic rings. The van der Waals surface area contributed by atoms with Crippen LogP contribution in [0.5, 0.6) is 0 Å². The Labute approximate surface area is 99.3 Å². The lowest BCUT2D eigenvalue weighted by Crippen LogP contribution is -2.45. The van der Waals surface area contributed by atoms with Crippen LogP contribution in [0.25, 0.3) is 0 Å². The van der Waals surface area contributed by atoms with Gasteiger partial charge in [-0.25, -0.2) is 18.7 Å². The molecule has 2 heterocycles. The molecule has 4 nitrogen and oxygen atoms in total. The van der Waals surface area contributed by atoms with Gasteiger partial charge in [0.2, 0.25) is 0 Å². The first-order chi connectivity index (χ1) is 8.11. The van der Waals surface area contributed by atoms with Gasteiger partial charge in [-0.05, 0) is 14.0 Å². The molecule has 0 spiro atoms. The average molecular weight is 242 g/mol. The summed E-state index contributed by atoms with van der Waals surface area (Å²) in [7, 11) is 2.02. The van der Waals surface area contributed by atoms with E-state index in [0.29, 0.717) is 18.9 Å². The lowest BCUT2D eigenvalue weighted by molar-refractivity contribution is 0.310. The van der Waals surface area contributed by atoms with Crippen LogP contribution in [0.15, 0.2) is 0 Å². The van der Waals surface area contributed by atoms with Crippen molar-refractivity contribution in [1.29, 1.82) is 0 Å². The zero-order valence-electron chi connectivity index (χ0n) is 10.1. The summed E-state index contributed by atoms with van der Waals surface area (Å²) in [4.78, 5) is 11.9. The highest BCUT2D eigenvalue weighted by atomic mass is 19.1. The lowest BCUT2D eigenvalue weighted by atomic mass is 10.3. The molecule has 1 aliphatic heterocycles. The molecule has 0 N–H and O–H groups in total. The van der Waals surface area contributed by atoms with Crippen LogP contribution < -0.4 is 4.90 Å². The maximum Gasteiger partial charge on any atom is 0.189 e. The Hall–Kier alpha value is -1.30. The maximum absolute atomic E-state index is 13.9. The number of piperazine rings is 1. The van der Waals surface area contributed by atoms with Crippen molar-refractivity contribution in [3.05, 3.63) is 17.3 Å². The number of hydrogen-bond acceptors (Lipinski definition) is 4. The summed E-state index contributed by atoms with van der Waals surface area (Å²) in [5.41, 5.74) is -0.147. The van der Waals surface area contributed by atoms with Crippen molar-refractivity contribution in [3.8, 4) is 0 Å². The maximum atomic E-state index is 13.9. The quantitative estimate of drug-likeness (QED) is 0.778. The second-order valence-corrected chi connectivity index (χ2v) is 4.28. The third-order valence-corrected chi connectivity index (χ3v) is 2.94. The molecule has 1 fully saturated rings. The summed E-state index contributed by atoms with van der Waals surface area (Å²) in [6.07, 6.45) is 0. The SMILES string of the molecule is Cc1nc(CF)c(F)c(N2CCN(C)CC2)n1. The molecule has 0 aliphatic carbocycles. The van der Waals surface area contributed by atoms with Gasteiger partial charge in [-0.15, -0.1) is 0 Å². The number of aromatic nitrogens is 2. The third kappa shape index (κ3) is 2.52. The smallest absolute Gasteiger partial charge is 0.189 e. The van der Waals surface area contributed by atoms with E-state index in [1.165, 1.54) is 0 Å². The van der Waals surface area contributed by atoms with Crippen molar-refractivity contribution in [3.63, 3.8) is 0 Å². The third-order valence-electron chi connectivity index (χ3n) is 2.94. The van der Waals surface area contributed by atoms with Gasteiger partial charge in [-0.1, -0.05) is 0 Å². The van der Waals surface area contributed by atoms with Crippen LogP contribution in [0.4, 0.5) is 14.6 Å². The van der Waals surface area contributed by atoms with E-state index in [1.54, 1.807) is 6.92 Å².